The molecule has 0 bridgehead atoms. The van der Waals surface area contributed by atoms with Crippen LogP contribution in [0.15, 0.2) is 24.3 Å². The van der Waals surface area contributed by atoms with Crippen molar-refractivity contribution in [2.45, 2.75) is 30.3 Å². The normalized spacial score (nSPS) is 27.4. The van der Waals surface area contributed by atoms with E-state index >= 15 is 0 Å². The van der Waals surface area contributed by atoms with Gasteiger partial charge in [-0.2, -0.15) is 0 Å². The Hall–Kier alpha value is -2.07. The third kappa shape index (κ3) is 3.62. The van der Waals surface area contributed by atoms with Crippen LogP contribution in [0.5, 0.6) is 0 Å². The molecule has 0 aromatic heterocycles. The molecule has 0 saturated carbocycles. The first-order chi connectivity index (χ1) is 13.4. The molecular formula is C18H21N3O5S2. The monoisotopic (exact) mass is 423 g/mol. The van der Waals surface area contributed by atoms with Gasteiger partial charge in [0.2, 0.25) is 11.8 Å². The summed E-state index contributed by atoms with van der Waals surface area (Å²) in [4.78, 5) is 38.8. The van der Waals surface area contributed by atoms with Crippen molar-refractivity contribution in [3.63, 3.8) is 0 Å². The summed E-state index contributed by atoms with van der Waals surface area (Å²) in [6, 6.07) is 6.49. The maximum Gasteiger partial charge on any atom is 0.256 e. The molecule has 1 aromatic rings. The summed E-state index contributed by atoms with van der Waals surface area (Å²) in [7, 11) is -3.05. The second kappa shape index (κ2) is 7.40. The molecule has 0 radical (unpaired) electrons. The number of sulfone groups is 1. The molecule has 2 fully saturated rings. The van der Waals surface area contributed by atoms with Crippen molar-refractivity contribution in [1.82, 2.24) is 15.5 Å². The van der Waals surface area contributed by atoms with E-state index in [9.17, 15) is 22.8 Å². The summed E-state index contributed by atoms with van der Waals surface area (Å²) in [6.07, 6.45) is 0.499. The maximum atomic E-state index is 12.6. The van der Waals surface area contributed by atoms with Gasteiger partial charge in [-0.3, -0.25) is 14.4 Å². The number of fused-ring (bicyclic) bond motifs is 3. The number of carbonyl (C=O) groups is 3. The highest BCUT2D eigenvalue weighted by Gasteiger charge is 2.48. The van der Waals surface area contributed by atoms with Gasteiger partial charge in [0.1, 0.15) is 11.4 Å². The minimum atomic E-state index is -3.05. The first kappa shape index (κ1) is 19.3. The van der Waals surface area contributed by atoms with E-state index in [1.165, 1.54) is 0 Å². The Morgan fingerprint density at radius 2 is 2.04 bits per heavy atom. The second-order valence-electron chi connectivity index (χ2n) is 7.21. The van der Waals surface area contributed by atoms with Crippen LogP contribution in [-0.2, 0) is 19.4 Å². The number of nitrogens with zero attached hydrogens (tertiary/aromatic N) is 1. The number of hydrogen-bond donors (Lipinski definition) is 2. The van der Waals surface area contributed by atoms with Crippen LogP contribution in [0.4, 0.5) is 0 Å². The van der Waals surface area contributed by atoms with E-state index in [2.05, 4.69) is 10.6 Å². The lowest BCUT2D eigenvalue weighted by atomic mass is 10.1. The number of thioether (sulfide) groups is 1. The maximum absolute atomic E-state index is 12.6. The number of carbonyl (C=O) groups excluding carboxylic acids is 3. The van der Waals surface area contributed by atoms with Crippen molar-refractivity contribution >= 4 is 39.3 Å². The molecule has 8 nitrogen and oxygen atoms in total. The van der Waals surface area contributed by atoms with Gasteiger partial charge in [-0.25, -0.2) is 8.42 Å². The quantitative estimate of drug-likeness (QED) is 0.693. The van der Waals surface area contributed by atoms with E-state index in [4.69, 9.17) is 0 Å². The van der Waals surface area contributed by atoms with Crippen molar-refractivity contribution in [2.24, 2.45) is 0 Å². The van der Waals surface area contributed by atoms with Crippen LogP contribution in [0.25, 0.3) is 0 Å². The third-order valence-electron chi connectivity index (χ3n) is 5.24. The average molecular weight is 424 g/mol. The minimum absolute atomic E-state index is 0.0244. The molecule has 2 N–H and O–H groups in total. The molecule has 2 saturated heterocycles. The average Bonchev–Trinajstić information content (AvgIpc) is 3.30. The van der Waals surface area contributed by atoms with Gasteiger partial charge in [-0.15, -0.1) is 11.8 Å². The molecule has 4 rings (SSSR count). The predicted octanol–water partition coefficient (Wildman–Crippen LogP) is 0.0660. The van der Waals surface area contributed by atoms with Crippen LogP contribution >= 0.6 is 11.8 Å². The molecule has 1 aromatic carbocycles. The van der Waals surface area contributed by atoms with Gasteiger partial charge >= 0.3 is 0 Å². The molecule has 3 atom stereocenters. The van der Waals surface area contributed by atoms with Gasteiger partial charge < -0.3 is 15.5 Å². The summed E-state index contributed by atoms with van der Waals surface area (Å²) >= 11 is 1.56. The van der Waals surface area contributed by atoms with Crippen LogP contribution in [0.2, 0.25) is 0 Å². The molecule has 0 spiro atoms. The molecule has 0 unspecified atom stereocenters. The van der Waals surface area contributed by atoms with Gasteiger partial charge in [0.05, 0.1) is 11.5 Å². The number of nitrogens with one attached hydrogen (secondary N) is 2. The summed E-state index contributed by atoms with van der Waals surface area (Å²) < 4.78 is 22.9. The van der Waals surface area contributed by atoms with E-state index in [0.717, 1.165) is 5.56 Å². The molecule has 150 valence electrons. The predicted molar refractivity (Wildman–Crippen MR) is 104 cm³/mol. The summed E-state index contributed by atoms with van der Waals surface area (Å²) in [5.74, 6) is -0.0998. The topological polar surface area (TPSA) is 113 Å². The first-order valence-corrected chi connectivity index (χ1v) is 12.0. The largest absolute Gasteiger partial charge is 0.354 e. The van der Waals surface area contributed by atoms with E-state index in [0.29, 0.717) is 17.7 Å². The Morgan fingerprint density at radius 3 is 2.79 bits per heavy atom. The number of amides is 3. The first-order valence-electron chi connectivity index (χ1n) is 9.16. The summed E-state index contributed by atoms with van der Waals surface area (Å²) in [6.45, 7) is 0.144. The Balaban J connectivity index is 1.27. The smallest absolute Gasteiger partial charge is 0.256 e. The van der Waals surface area contributed by atoms with Crippen LogP contribution in [-0.4, -0.2) is 66.9 Å². The van der Waals surface area contributed by atoms with Gasteiger partial charge in [0.15, 0.2) is 9.84 Å². The zero-order valence-electron chi connectivity index (χ0n) is 15.1. The third-order valence-corrected chi connectivity index (χ3v) is 8.32. The zero-order chi connectivity index (χ0) is 19.9. The Bertz CT molecular complexity index is 933. The SMILES string of the molecule is O=C(CCNC(=O)[C@H]1CS[C@H]2c3ccccc3C(=O)N12)N[C@@H]1CCS(=O)(=O)C1. The fourth-order valence-electron chi connectivity index (χ4n) is 3.87. The fourth-order valence-corrected chi connectivity index (χ4v) is 7.01. The summed E-state index contributed by atoms with van der Waals surface area (Å²) in [5.41, 5.74) is 1.59. The van der Waals surface area contributed by atoms with Crippen molar-refractivity contribution in [3.8, 4) is 0 Å². The van der Waals surface area contributed by atoms with E-state index < -0.39 is 15.9 Å². The lowest BCUT2D eigenvalue weighted by Gasteiger charge is -2.22. The molecule has 0 aliphatic carbocycles. The number of rotatable bonds is 5. The Kier molecular flexibility index (Phi) is 5.09. The van der Waals surface area contributed by atoms with Crippen molar-refractivity contribution in [3.05, 3.63) is 35.4 Å². The van der Waals surface area contributed by atoms with Crippen LogP contribution < -0.4 is 10.6 Å². The molecule has 3 heterocycles. The second-order valence-corrected chi connectivity index (χ2v) is 10.6. The lowest BCUT2D eigenvalue weighted by molar-refractivity contribution is -0.125. The van der Waals surface area contributed by atoms with E-state index in [1.54, 1.807) is 22.7 Å². The Labute approximate surface area is 167 Å². The van der Waals surface area contributed by atoms with Crippen LogP contribution in [0.3, 0.4) is 0 Å². The Morgan fingerprint density at radius 1 is 1.25 bits per heavy atom. The van der Waals surface area contributed by atoms with Crippen molar-refractivity contribution in [2.75, 3.05) is 23.8 Å². The number of benzene rings is 1. The fraction of sp³-hybridized carbons (Fsp3) is 0.500. The molecule has 3 aliphatic rings. The molecule has 3 aliphatic heterocycles. The van der Waals surface area contributed by atoms with Gasteiger partial charge in [0.25, 0.3) is 5.91 Å². The molecule has 3 amide bonds. The molecule has 28 heavy (non-hydrogen) atoms. The van der Waals surface area contributed by atoms with Crippen molar-refractivity contribution < 1.29 is 22.8 Å². The van der Waals surface area contributed by atoms with E-state index in [1.807, 2.05) is 18.2 Å². The van der Waals surface area contributed by atoms with Gasteiger partial charge in [-0.1, -0.05) is 18.2 Å². The highest BCUT2D eigenvalue weighted by Crippen LogP contribution is 2.47. The van der Waals surface area contributed by atoms with Gasteiger partial charge in [-0.05, 0) is 18.1 Å². The van der Waals surface area contributed by atoms with Crippen molar-refractivity contribution in [1.29, 1.82) is 0 Å². The van der Waals surface area contributed by atoms with E-state index in [-0.39, 0.29) is 53.6 Å². The number of hydrogen-bond acceptors (Lipinski definition) is 6. The standard InChI is InChI=1S/C18H21N3O5S2/c22-15(20-11-6-8-28(25,26)10-11)5-7-19-16(23)14-9-27-18-13-4-2-1-3-12(13)17(24)21(14)18/h1-4,11,14,18H,5-10H2,(H,19,23)(H,20,22)/t11-,14-,18+/m1/s1. The lowest BCUT2D eigenvalue weighted by Crippen LogP contribution is -2.47. The minimum Gasteiger partial charge on any atom is -0.354 e. The zero-order valence-corrected chi connectivity index (χ0v) is 16.7. The molecular weight excluding hydrogens is 402 g/mol. The summed E-state index contributed by atoms with van der Waals surface area (Å²) in [5, 5.41) is 5.29. The molecule has 10 heteroatoms. The van der Waals surface area contributed by atoms with Crippen LogP contribution in [0, 0.1) is 0 Å². The van der Waals surface area contributed by atoms with Crippen LogP contribution in [0.1, 0.15) is 34.1 Å². The highest BCUT2D eigenvalue weighted by atomic mass is 32.2. The van der Waals surface area contributed by atoms with Gasteiger partial charge in [0, 0.05) is 30.3 Å². The highest BCUT2D eigenvalue weighted by molar-refractivity contribution is 7.99.